The summed E-state index contributed by atoms with van der Waals surface area (Å²) in [6.07, 6.45) is 6.50. The number of nitrogens with zero attached hydrogens (tertiary/aromatic N) is 1. The highest BCUT2D eigenvalue weighted by molar-refractivity contribution is 5.47. The summed E-state index contributed by atoms with van der Waals surface area (Å²) in [6, 6.07) is 9.13. The lowest BCUT2D eigenvalue weighted by Gasteiger charge is -2.29. The maximum absolute atomic E-state index is 5.40. The molecule has 116 valence electrons. The maximum Gasteiger partial charge on any atom is 0.0469 e. The van der Waals surface area contributed by atoms with Crippen molar-refractivity contribution in [3.63, 3.8) is 0 Å². The average Bonchev–Trinajstić information content (AvgIpc) is 2.57. The van der Waals surface area contributed by atoms with Crippen molar-refractivity contribution in [2.45, 2.75) is 38.6 Å². The Bertz CT molecular complexity index is 406. The number of anilines is 1. The largest absolute Gasteiger partial charge is 0.381 e. The molecule has 0 atom stereocenters. The molecule has 1 aromatic rings. The average molecular weight is 288 g/mol. The third kappa shape index (κ3) is 4.45. The Morgan fingerprint density at radius 1 is 1.00 bits per heavy atom. The summed E-state index contributed by atoms with van der Waals surface area (Å²) < 4.78 is 5.40. The van der Waals surface area contributed by atoms with Gasteiger partial charge in [-0.15, -0.1) is 0 Å². The van der Waals surface area contributed by atoms with Crippen LogP contribution >= 0.6 is 0 Å². The second-order valence-corrected chi connectivity index (χ2v) is 6.40. The zero-order valence-corrected chi connectivity index (χ0v) is 13.0. The minimum atomic E-state index is 0.798. The van der Waals surface area contributed by atoms with Gasteiger partial charge in [-0.25, -0.2) is 0 Å². The second-order valence-electron chi connectivity index (χ2n) is 6.40. The van der Waals surface area contributed by atoms with Crippen LogP contribution in [0.4, 0.5) is 5.69 Å². The van der Waals surface area contributed by atoms with Crippen molar-refractivity contribution in [2.24, 2.45) is 5.92 Å². The lowest BCUT2D eigenvalue weighted by atomic mass is 10.0. The molecule has 0 saturated carbocycles. The SMILES string of the molecule is c1cc(N2CCCCC2)ccc1CNCC1CCOCC1. The number of piperidine rings is 1. The molecule has 0 bridgehead atoms. The molecule has 0 unspecified atom stereocenters. The van der Waals surface area contributed by atoms with E-state index in [9.17, 15) is 0 Å². The molecule has 1 N–H and O–H groups in total. The van der Waals surface area contributed by atoms with Gasteiger partial charge in [0.2, 0.25) is 0 Å². The van der Waals surface area contributed by atoms with E-state index in [0.717, 1.165) is 32.2 Å². The number of hydrogen-bond donors (Lipinski definition) is 1. The van der Waals surface area contributed by atoms with Gasteiger partial charge in [0.05, 0.1) is 0 Å². The van der Waals surface area contributed by atoms with Crippen molar-refractivity contribution in [3.8, 4) is 0 Å². The van der Waals surface area contributed by atoms with Crippen molar-refractivity contribution >= 4 is 5.69 Å². The van der Waals surface area contributed by atoms with Crippen molar-refractivity contribution in [2.75, 3.05) is 37.7 Å². The van der Waals surface area contributed by atoms with Crippen LogP contribution in [0.3, 0.4) is 0 Å². The molecule has 2 aliphatic heterocycles. The first-order chi connectivity index (χ1) is 10.4. The predicted molar refractivity (Wildman–Crippen MR) is 87.8 cm³/mol. The van der Waals surface area contributed by atoms with E-state index in [1.807, 2.05) is 0 Å². The summed E-state index contributed by atoms with van der Waals surface area (Å²) in [7, 11) is 0. The number of hydrogen-bond acceptors (Lipinski definition) is 3. The van der Waals surface area contributed by atoms with Crippen molar-refractivity contribution in [1.29, 1.82) is 0 Å². The normalized spacial score (nSPS) is 20.7. The summed E-state index contributed by atoms with van der Waals surface area (Å²) in [5.41, 5.74) is 2.78. The Labute approximate surface area is 128 Å². The van der Waals surface area contributed by atoms with Gasteiger partial charge in [-0.1, -0.05) is 12.1 Å². The molecule has 2 fully saturated rings. The van der Waals surface area contributed by atoms with E-state index < -0.39 is 0 Å². The van der Waals surface area contributed by atoms with E-state index in [4.69, 9.17) is 4.74 Å². The van der Waals surface area contributed by atoms with Crippen LogP contribution in [-0.4, -0.2) is 32.8 Å². The molecule has 0 aliphatic carbocycles. The summed E-state index contributed by atoms with van der Waals surface area (Å²) >= 11 is 0. The van der Waals surface area contributed by atoms with Gasteiger partial charge < -0.3 is 15.0 Å². The lowest BCUT2D eigenvalue weighted by Crippen LogP contribution is -2.29. The van der Waals surface area contributed by atoms with Gasteiger partial charge in [-0.05, 0) is 62.3 Å². The van der Waals surface area contributed by atoms with E-state index in [-0.39, 0.29) is 0 Å². The van der Waals surface area contributed by atoms with Gasteiger partial charge in [0.1, 0.15) is 0 Å². The van der Waals surface area contributed by atoms with Crippen molar-refractivity contribution in [1.82, 2.24) is 5.32 Å². The molecular weight excluding hydrogens is 260 g/mol. The van der Waals surface area contributed by atoms with E-state index in [1.165, 1.54) is 56.4 Å². The highest BCUT2D eigenvalue weighted by Gasteiger charge is 2.13. The smallest absolute Gasteiger partial charge is 0.0469 e. The molecule has 2 heterocycles. The predicted octanol–water partition coefficient (Wildman–Crippen LogP) is 3.19. The molecule has 0 spiro atoms. The quantitative estimate of drug-likeness (QED) is 0.900. The highest BCUT2D eigenvalue weighted by Crippen LogP contribution is 2.20. The van der Waals surface area contributed by atoms with Gasteiger partial charge in [0.25, 0.3) is 0 Å². The molecule has 21 heavy (non-hydrogen) atoms. The molecule has 0 radical (unpaired) electrons. The van der Waals surface area contributed by atoms with Crippen LogP contribution in [0.15, 0.2) is 24.3 Å². The van der Waals surface area contributed by atoms with Crippen LogP contribution in [-0.2, 0) is 11.3 Å². The molecule has 0 aromatic heterocycles. The second kappa shape index (κ2) is 7.81. The molecule has 3 heteroatoms. The van der Waals surface area contributed by atoms with Gasteiger partial charge in [-0.2, -0.15) is 0 Å². The van der Waals surface area contributed by atoms with Crippen LogP contribution in [0.5, 0.6) is 0 Å². The van der Waals surface area contributed by atoms with E-state index in [0.29, 0.717) is 0 Å². The van der Waals surface area contributed by atoms with E-state index in [2.05, 4.69) is 34.5 Å². The van der Waals surface area contributed by atoms with Crippen LogP contribution in [0, 0.1) is 5.92 Å². The van der Waals surface area contributed by atoms with Crippen LogP contribution in [0.1, 0.15) is 37.7 Å². The first-order valence-electron chi connectivity index (χ1n) is 8.54. The monoisotopic (exact) mass is 288 g/mol. The van der Waals surface area contributed by atoms with Gasteiger partial charge in [0, 0.05) is 38.5 Å². The maximum atomic E-state index is 5.40. The first kappa shape index (κ1) is 14.9. The summed E-state index contributed by atoms with van der Waals surface area (Å²) in [5, 5.41) is 3.60. The van der Waals surface area contributed by atoms with Crippen LogP contribution in [0.2, 0.25) is 0 Å². The third-order valence-corrected chi connectivity index (χ3v) is 4.76. The fourth-order valence-electron chi connectivity index (χ4n) is 3.35. The van der Waals surface area contributed by atoms with Crippen LogP contribution < -0.4 is 10.2 Å². The molecule has 1 aromatic carbocycles. The molecule has 3 rings (SSSR count). The van der Waals surface area contributed by atoms with E-state index >= 15 is 0 Å². The zero-order valence-electron chi connectivity index (χ0n) is 13.0. The summed E-state index contributed by atoms with van der Waals surface area (Å²) in [4.78, 5) is 2.52. The topological polar surface area (TPSA) is 24.5 Å². The van der Waals surface area contributed by atoms with Gasteiger partial charge >= 0.3 is 0 Å². The lowest BCUT2D eigenvalue weighted by molar-refractivity contribution is 0.0662. The summed E-state index contributed by atoms with van der Waals surface area (Å²) in [5.74, 6) is 0.798. The minimum absolute atomic E-state index is 0.798. The fraction of sp³-hybridized carbons (Fsp3) is 0.667. The van der Waals surface area contributed by atoms with Gasteiger partial charge in [0.15, 0.2) is 0 Å². The van der Waals surface area contributed by atoms with Crippen molar-refractivity contribution < 1.29 is 4.74 Å². The van der Waals surface area contributed by atoms with Crippen molar-refractivity contribution in [3.05, 3.63) is 29.8 Å². The molecule has 2 saturated heterocycles. The Kier molecular flexibility index (Phi) is 5.53. The number of nitrogens with one attached hydrogen (secondary N) is 1. The number of benzene rings is 1. The third-order valence-electron chi connectivity index (χ3n) is 4.76. The van der Waals surface area contributed by atoms with E-state index in [1.54, 1.807) is 0 Å². The molecular formula is C18H28N2O. The fourth-order valence-corrected chi connectivity index (χ4v) is 3.35. The first-order valence-corrected chi connectivity index (χ1v) is 8.54. The summed E-state index contributed by atoms with van der Waals surface area (Å²) in [6.45, 7) is 6.44. The van der Waals surface area contributed by atoms with Crippen LogP contribution in [0.25, 0.3) is 0 Å². The molecule has 3 nitrogen and oxygen atoms in total. The van der Waals surface area contributed by atoms with Gasteiger partial charge in [-0.3, -0.25) is 0 Å². The molecule has 2 aliphatic rings. The number of ether oxygens (including phenoxy) is 1. The Hall–Kier alpha value is -1.06. The standard InChI is InChI=1S/C18H28N2O/c1-2-10-20(11-3-1)18-6-4-16(5-7-18)14-19-15-17-8-12-21-13-9-17/h4-7,17,19H,1-3,8-15H2. The Morgan fingerprint density at radius 2 is 1.71 bits per heavy atom. The zero-order chi connectivity index (χ0) is 14.3. The Balaban J connectivity index is 1.43. The Morgan fingerprint density at radius 3 is 2.43 bits per heavy atom. The number of rotatable bonds is 5. The highest BCUT2D eigenvalue weighted by atomic mass is 16.5. The minimum Gasteiger partial charge on any atom is -0.381 e. The molecule has 0 amide bonds.